The van der Waals surface area contributed by atoms with E-state index in [4.69, 9.17) is 9.47 Å². The van der Waals surface area contributed by atoms with E-state index in [1.54, 1.807) is 44.7 Å². The molecule has 0 bridgehead atoms. The van der Waals surface area contributed by atoms with Crippen molar-refractivity contribution in [1.29, 1.82) is 0 Å². The van der Waals surface area contributed by atoms with E-state index >= 15 is 0 Å². The molecular weight excluding hydrogens is 384 g/mol. The summed E-state index contributed by atoms with van der Waals surface area (Å²) in [5.74, 6) is -0.927. The van der Waals surface area contributed by atoms with Crippen molar-refractivity contribution in [3.05, 3.63) is 60.2 Å². The van der Waals surface area contributed by atoms with Crippen LogP contribution in [-0.2, 0) is 14.3 Å². The Morgan fingerprint density at radius 3 is 2.13 bits per heavy atom. The molecule has 7 heteroatoms. The number of hydrogen-bond donors (Lipinski definition) is 1. The molecule has 0 unspecified atom stereocenters. The van der Waals surface area contributed by atoms with Crippen molar-refractivity contribution in [3.63, 3.8) is 0 Å². The molecule has 0 aliphatic heterocycles. The monoisotopic (exact) mass is 412 g/mol. The summed E-state index contributed by atoms with van der Waals surface area (Å²) in [6.45, 7) is 9.17. The molecule has 2 aromatic carbocycles. The number of benzene rings is 2. The second-order valence-corrected chi connectivity index (χ2v) is 7.67. The zero-order valence-corrected chi connectivity index (χ0v) is 18.0. The van der Waals surface area contributed by atoms with E-state index < -0.39 is 23.8 Å². The minimum absolute atomic E-state index is 0.271. The number of nitrogens with one attached hydrogen (secondary N) is 1. The average molecular weight is 412 g/mol. The number of likely N-dealkylation sites (N-methyl/N-ethyl adjacent to an activating group) is 1. The number of esters is 1. The zero-order valence-electron chi connectivity index (χ0n) is 18.0. The van der Waals surface area contributed by atoms with E-state index in [0.717, 1.165) is 5.69 Å². The minimum Gasteiger partial charge on any atom is -0.449 e. The molecule has 0 heterocycles. The van der Waals surface area contributed by atoms with Gasteiger partial charge in [0.05, 0.1) is 5.56 Å². The third kappa shape index (κ3) is 6.62. The van der Waals surface area contributed by atoms with E-state index in [-0.39, 0.29) is 11.5 Å². The molecule has 2 amide bonds. The molecule has 30 heavy (non-hydrogen) atoms. The Balaban J connectivity index is 1.98. The van der Waals surface area contributed by atoms with Gasteiger partial charge in [0.2, 0.25) is 0 Å². The van der Waals surface area contributed by atoms with Crippen molar-refractivity contribution < 1.29 is 23.9 Å². The Labute approximate surface area is 177 Å². The molecule has 160 valence electrons. The van der Waals surface area contributed by atoms with Crippen molar-refractivity contribution in [3.8, 4) is 0 Å². The molecular formula is C23H28N2O5. The van der Waals surface area contributed by atoms with Crippen molar-refractivity contribution in [2.45, 2.75) is 46.3 Å². The van der Waals surface area contributed by atoms with Crippen molar-refractivity contribution >= 4 is 29.3 Å². The van der Waals surface area contributed by atoms with Gasteiger partial charge in [-0.3, -0.25) is 10.1 Å². The van der Waals surface area contributed by atoms with Gasteiger partial charge >= 0.3 is 12.1 Å². The highest BCUT2D eigenvalue weighted by Gasteiger charge is 2.24. The van der Waals surface area contributed by atoms with Crippen LogP contribution in [0.4, 0.5) is 16.2 Å². The molecule has 0 spiro atoms. The number of carbonyl (C=O) groups excluding carboxylic acids is 3. The van der Waals surface area contributed by atoms with Gasteiger partial charge in [-0.25, -0.2) is 9.59 Å². The summed E-state index contributed by atoms with van der Waals surface area (Å²) in [7, 11) is 0. The summed E-state index contributed by atoms with van der Waals surface area (Å²) >= 11 is 0. The second-order valence-electron chi connectivity index (χ2n) is 7.67. The molecule has 2 rings (SSSR count). The molecule has 0 fully saturated rings. The normalized spacial score (nSPS) is 11.9. The van der Waals surface area contributed by atoms with E-state index in [1.807, 2.05) is 37.3 Å². The van der Waals surface area contributed by atoms with Crippen LogP contribution in [0.5, 0.6) is 0 Å². The van der Waals surface area contributed by atoms with Crippen LogP contribution in [0.2, 0.25) is 0 Å². The zero-order chi connectivity index (χ0) is 22.3. The summed E-state index contributed by atoms with van der Waals surface area (Å²) < 4.78 is 10.5. The summed E-state index contributed by atoms with van der Waals surface area (Å²) in [6.07, 6.45) is -1.53. The number of ether oxygens (including phenoxy) is 2. The first-order chi connectivity index (χ1) is 14.1. The number of nitrogens with zero attached hydrogens (tertiary/aromatic N) is 1. The molecule has 0 aliphatic carbocycles. The lowest BCUT2D eigenvalue weighted by Gasteiger charge is -2.24. The molecule has 0 saturated heterocycles. The molecule has 0 aromatic heterocycles. The first-order valence-electron chi connectivity index (χ1n) is 9.78. The third-order valence-corrected chi connectivity index (χ3v) is 4.05. The molecule has 1 N–H and O–H groups in total. The fourth-order valence-electron chi connectivity index (χ4n) is 2.68. The lowest BCUT2D eigenvalue weighted by atomic mass is 10.2. The highest BCUT2D eigenvalue weighted by molar-refractivity contribution is 5.99. The van der Waals surface area contributed by atoms with Crippen LogP contribution in [-0.4, -0.2) is 36.2 Å². The number of amides is 2. The SMILES string of the molecule is CCN(C(=O)[C@H](C)OC(=O)c1ccc(NC(=O)OC(C)(C)C)cc1)c1ccccc1. The summed E-state index contributed by atoms with van der Waals surface area (Å²) in [4.78, 5) is 38.5. The first-order valence-corrected chi connectivity index (χ1v) is 9.78. The minimum atomic E-state index is -0.947. The fourth-order valence-corrected chi connectivity index (χ4v) is 2.68. The Kier molecular flexibility index (Phi) is 7.58. The number of hydrogen-bond acceptors (Lipinski definition) is 5. The maximum absolute atomic E-state index is 12.7. The van der Waals surface area contributed by atoms with Crippen molar-refractivity contribution in [2.24, 2.45) is 0 Å². The predicted molar refractivity (Wildman–Crippen MR) is 116 cm³/mol. The average Bonchev–Trinajstić information content (AvgIpc) is 2.68. The topological polar surface area (TPSA) is 84.9 Å². The molecule has 0 saturated carbocycles. The third-order valence-electron chi connectivity index (χ3n) is 4.05. The van der Waals surface area contributed by atoms with Gasteiger partial charge in [-0.2, -0.15) is 0 Å². The molecule has 2 aromatic rings. The summed E-state index contributed by atoms with van der Waals surface area (Å²) in [5, 5.41) is 2.59. The molecule has 0 aliphatic rings. The van der Waals surface area contributed by atoms with Gasteiger partial charge in [0.25, 0.3) is 5.91 Å². The standard InChI is InChI=1S/C23H28N2O5/c1-6-25(19-10-8-7-9-11-19)20(26)16(2)29-21(27)17-12-14-18(15-13-17)24-22(28)30-23(3,4)5/h7-16H,6H2,1-5H3,(H,24,28)/t16-/m0/s1. The maximum atomic E-state index is 12.7. The lowest BCUT2D eigenvalue weighted by Crippen LogP contribution is -2.40. The number of para-hydroxylation sites is 1. The van der Waals surface area contributed by atoms with E-state index in [9.17, 15) is 14.4 Å². The number of anilines is 2. The molecule has 7 nitrogen and oxygen atoms in total. The van der Waals surface area contributed by atoms with Gasteiger partial charge < -0.3 is 14.4 Å². The Morgan fingerprint density at radius 1 is 1.00 bits per heavy atom. The van der Waals surface area contributed by atoms with Crippen LogP contribution in [0, 0.1) is 0 Å². The van der Waals surface area contributed by atoms with E-state index in [1.165, 1.54) is 12.1 Å². The van der Waals surface area contributed by atoms with Crippen LogP contribution < -0.4 is 10.2 Å². The second kappa shape index (κ2) is 9.91. The van der Waals surface area contributed by atoms with Gasteiger partial charge in [-0.1, -0.05) is 18.2 Å². The van der Waals surface area contributed by atoms with Crippen LogP contribution in [0.1, 0.15) is 45.0 Å². The smallest absolute Gasteiger partial charge is 0.412 e. The van der Waals surface area contributed by atoms with Crippen LogP contribution in [0.15, 0.2) is 54.6 Å². The molecule has 0 radical (unpaired) electrons. The number of carbonyl (C=O) groups is 3. The summed E-state index contributed by atoms with van der Waals surface area (Å²) in [5.41, 5.74) is 0.881. The van der Waals surface area contributed by atoms with Gasteiger partial charge in [0.1, 0.15) is 5.60 Å². The largest absolute Gasteiger partial charge is 0.449 e. The van der Waals surface area contributed by atoms with Gasteiger partial charge in [-0.15, -0.1) is 0 Å². The van der Waals surface area contributed by atoms with Gasteiger partial charge in [0, 0.05) is 17.9 Å². The van der Waals surface area contributed by atoms with Crippen LogP contribution in [0.3, 0.4) is 0 Å². The Hall–Kier alpha value is -3.35. The highest BCUT2D eigenvalue weighted by atomic mass is 16.6. The number of rotatable bonds is 6. The lowest BCUT2D eigenvalue weighted by molar-refractivity contribution is -0.126. The quantitative estimate of drug-likeness (QED) is 0.699. The van der Waals surface area contributed by atoms with E-state index in [0.29, 0.717) is 12.2 Å². The predicted octanol–water partition coefficient (Wildman–Crippen LogP) is 4.63. The van der Waals surface area contributed by atoms with E-state index in [2.05, 4.69) is 5.32 Å². The maximum Gasteiger partial charge on any atom is 0.412 e. The van der Waals surface area contributed by atoms with Crippen molar-refractivity contribution in [2.75, 3.05) is 16.8 Å². The summed E-state index contributed by atoms with van der Waals surface area (Å²) in [6, 6.07) is 15.4. The Bertz CT molecular complexity index is 873. The Morgan fingerprint density at radius 2 is 1.60 bits per heavy atom. The van der Waals surface area contributed by atoms with Crippen molar-refractivity contribution in [1.82, 2.24) is 0 Å². The van der Waals surface area contributed by atoms with Gasteiger partial charge in [0.15, 0.2) is 6.10 Å². The fraction of sp³-hybridized carbons (Fsp3) is 0.348. The molecule has 1 atom stereocenters. The first kappa shape index (κ1) is 22.9. The highest BCUT2D eigenvalue weighted by Crippen LogP contribution is 2.17. The van der Waals surface area contributed by atoms with Crippen LogP contribution in [0.25, 0.3) is 0 Å². The van der Waals surface area contributed by atoms with Gasteiger partial charge in [-0.05, 0) is 71.0 Å². The van der Waals surface area contributed by atoms with Crippen LogP contribution >= 0.6 is 0 Å².